The maximum atomic E-state index is 12.5. The summed E-state index contributed by atoms with van der Waals surface area (Å²) in [5.41, 5.74) is 1.61. The Hall–Kier alpha value is -2.17. The highest BCUT2D eigenvalue weighted by atomic mass is 16.2. The zero-order valence-corrected chi connectivity index (χ0v) is 10.9. The maximum absolute atomic E-state index is 12.5. The first-order chi connectivity index (χ1) is 9.25. The molecule has 1 aliphatic heterocycles. The van der Waals surface area contributed by atoms with Gasteiger partial charge in [0.2, 0.25) is 0 Å². The average molecular weight is 256 g/mol. The number of carbonyl (C=O) groups is 1. The topological polar surface area (TPSA) is 51.0 Å². The molecule has 5 nitrogen and oxygen atoms in total. The number of rotatable bonds is 2. The van der Waals surface area contributed by atoms with Gasteiger partial charge in [-0.15, -0.1) is 0 Å². The van der Waals surface area contributed by atoms with Crippen molar-refractivity contribution in [2.45, 2.75) is 18.9 Å². The lowest BCUT2D eigenvalue weighted by molar-refractivity contribution is 0.0733. The van der Waals surface area contributed by atoms with E-state index in [-0.39, 0.29) is 11.9 Å². The number of aromatic nitrogens is 3. The molecule has 0 radical (unpaired) electrons. The summed E-state index contributed by atoms with van der Waals surface area (Å²) in [4.78, 5) is 18.8. The third kappa shape index (κ3) is 2.23. The Labute approximate surface area is 111 Å². The van der Waals surface area contributed by atoms with Crippen LogP contribution in [-0.2, 0) is 7.05 Å². The van der Waals surface area contributed by atoms with Crippen molar-refractivity contribution < 1.29 is 4.79 Å². The number of aryl methyl sites for hydroxylation is 1. The molecule has 0 bridgehead atoms. The molecule has 2 aromatic rings. The second-order valence-corrected chi connectivity index (χ2v) is 4.81. The van der Waals surface area contributed by atoms with Crippen LogP contribution >= 0.6 is 0 Å². The van der Waals surface area contributed by atoms with Crippen molar-refractivity contribution in [2.24, 2.45) is 7.05 Å². The van der Waals surface area contributed by atoms with Gasteiger partial charge in [-0.25, -0.2) is 0 Å². The molecule has 0 spiro atoms. The van der Waals surface area contributed by atoms with Crippen LogP contribution in [0.4, 0.5) is 0 Å². The van der Waals surface area contributed by atoms with E-state index < -0.39 is 0 Å². The van der Waals surface area contributed by atoms with Gasteiger partial charge in [0.1, 0.15) is 0 Å². The Morgan fingerprint density at radius 1 is 1.42 bits per heavy atom. The largest absolute Gasteiger partial charge is 0.330 e. The van der Waals surface area contributed by atoms with Crippen LogP contribution in [0, 0.1) is 0 Å². The Kier molecular flexibility index (Phi) is 3.03. The minimum absolute atomic E-state index is 0.0428. The Morgan fingerprint density at radius 3 is 3.00 bits per heavy atom. The van der Waals surface area contributed by atoms with Crippen LogP contribution in [0.15, 0.2) is 36.8 Å². The van der Waals surface area contributed by atoms with E-state index in [1.807, 2.05) is 30.1 Å². The maximum Gasteiger partial charge on any atom is 0.257 e. The lowest BCUT2D eigenvalue weighted by Crippen LogP contribution is -2.30. The zero-order chi connectivity index (χ0) is 13.2. The summed E-state index contributed by atoms with van der Waals surface area (Å²) in [6, 6.07) is 5.94. The van der Waals surface area contributed by atoms with E-state index in [0.29, 0.717) is 5.56 Å². The van der Waals surface area contributed by atoms with Gasteiger partial charge in [0.05, 0.1) is 23.5 Å². The van der Waals surface area contributed by atoms with Gasteiger partial charge >= 0.3 is 0 Å². The molecule has 1 amide bonds. The van der Waals surface area contributed by atoms with E-state index in [9.17, 15) is 4.79 Å². The summed E-state index contributed by atoms with van der Waals surface area (Å²) in [7, 11) is 1.82. The first kappa shape index (κ1) is 11.9. The summed E-state index contributed by atoms with van der Waals surface area (Å²) >= 11 is 0. The van der Waals surface area contributed by atoms with Gasteiger partial charge in [0.25, 0.3) is 5.91 Å². The van der Waals surface area contributed by atoms with Gasteiger partial charge in [-0.05, 0) is 25.0 Å². The Morgan fingerprint density at radius 2 is 2.32 bits per heavy atom. The van der Waals surface area contributed by atoms with Gasteiger partial charge in [-0.1, -0.05) is 6.07 Å². The van der Waals surface area contributed by atoms with E-state index in [1.54, 1.807) is 23.3 Å². The van der Waals surface area contributed by atoms with Gasteiger partial charge in [-0.3, -0.25) is 14.5 Å². The number of pyridine rings is 1. The Bertz CT molecular complexity index is 578. The molecule has 1 fully saturated rings. The molecule has 0 saturated carbocycles. The average Bonchev–Trinajstić information content (AvgIpc) is 3.07. The molecule has 5 heteroatoms. The van der Waals surface area contributed by atoms with Crippen molar-refractivity contribution in [2.75, 3.05) is 6.54 Å². The number of amides is 1. The van der Waals surface area contributed by atoms with Gasteiger partial charge < -0.3 is 4.90 Å². The molecule has 0 unspecified atom stereocenters. The summed E-state index contributed by atoms with van der Waals surface area (Å²) < 4.78 is 1.65. The molecule has 1 saturated heterocycles. The molecule has 98 valence electrons. The SMILES string of the molecule is Cn1cc(C(=O)N2CCC[C@H]2c2ccccn2)cn1. The molecule has 1 aliphatic rings. The van der Waals surface area contributed by atoms with Gasteiger partial charge in [0.15, 0.2) is 0 Å². The zero-order valence-electron chi connectivity index (χ0n) is 10.9. The number of hydrogen-bond donors (Lipinski definition) is 0. The summed E-state index contributed by atoms with van der Waals surface area (Å²) in [6.45, 7) is 0.787. The molecule has 1 atom stereocenters. The summed E-state index contributed by atoms with van der Waals surface area (Å²) in [6.07, 6.45) is 7.16. The van der Waals surface area contributed by atoms with E-state index in [0.717, 1.165) is 25.1 Å². The van der Waals surface area contributed by atoms with Crippen LogP contribution in [0.25, 0.3) is 0 Å². The molecule has 0 aromatic carbocycles. The normalized spacial score (nSPS) is 18.8. The van der Waals surface area contributed by atoms with Crippen LogP contribution in [0.1, 0.15) is 34.9 Å². The molecule has 0 aliphatic carbocycles. The minimum Gasteiger partial charge on any atom is -0.330 e. The quantitative estimate of drug-likeness (QED) is 0.823. The van der Waals surface area contributed by atoms with Crippen molar-refractivity contribution >= 4 is 5.91 Å². The molecule has 2 aromatic heterocycles. The van der Waals surface area contributed by atoms with Crippen molar-refractivity contribution in [3.05, 3.63) is 48.0 Å². The number of likely N-dealkylation sites (tertiary alicyclic amines) is 1. The fourth-order valence-corrected chi connectivity index (χ4v) is 2.59. The highest BCUT2D eigenvalue weighted by molar-refractivity contribution is 5.94. The first-order valence-corrected chi connectivity index (χ1v) is 6.46. The monoisotopic (exact) mass is 256 g/mol. The second kappa shape index (κ2) is 4.84. The van der Waals surface area contributed by atoms with Crippen molar-refractivity contribution in [3.63, 3.8) is 0 Å². The van der Waals surface area contributed by atoms with E-state index in [2.05, 4.69) is 10.1 Å². The number of hydrogen-bond acceptors (Lipinski definition) is 3. The lowest BCUT2D eigenvalue weighted by Gasteiger charge is -2.23. The molecule has 0 N–H and O–H groups in total. The standard InChI is InChI=1S/C14H16N4O/c1-17-10-11(9-16-17)14(19)18-8-4-6-13(18)12-5-2-3-7-15-12/h2-3,5,7,9-10,13H,4,6,8H2,1H3/t13-/m0/s1. The predicted octanol–water partition coefficient (Wildman–Crippen LogP) is 1.79. The van der Waals surface area contributed by atoms with E-state index in [1.165, 1.54) is 0 Å². The van der Waals surface area contributed by atoms with Gasteiger partial charge in [-0.2, -0.15) is 5.10 Å². The predicted molar refractivity (Wildman–Crippen MR) is 70.5 cm³/mol. The fourth-order valence-electron chi connectivity index (χ4n) is 2.59. The first-order valence-electron chi connectivity index (χ1n) is 6.46. The molecular formula is C14H16N4O. The van der Waals surface area contributed by atoms with E-state index in [4.69, 9.17) is 0 Å². The third-order valence-electron chi connectivity index (χ3n) is 3.49. The van der Waals surface area contributed by atoms with Crippen LogP contribution in [0.3, 0.4) is 0 Å². The highest BCUT2D eigenvalue weighted by Gasteiger charge is 2.31. The highest BCUT2D eigenvalue weighted by Crippen LogP contribution is 2.31. The fraction of sp³-hybridized carbons (Fsp3) is 0.357. The van der Waals surface area contributed by atoms with Crippen molar-refractivity contribution in [3.8, 4) is 0 Å². The summed E-state index contributed by atoms with van der Waals surface area (Å²) in [5, 5.41) is 4.06. The van der Waals surface area contributed by atoms with Crippen LogP contribution in [0.2, 0.25) is 0 Å². The Balaban J connectivity index is 1.86. The molecular weight excluding hydrogens is 240 g/mol. The van der Waals surface area contributed by atoms with Crippen molar-refractivity contribution in [1.82, 2.24) is 19.7 Å². The number of carbonyl (C=O) groups excluding carboxylic acids is 1. The molecule has 3 heterocycles. The smallest absolute Gasteiger partial charge is 0.257 e. The number of nitrogens with zero attached hydrogens (tertiary/aromatic N) is 4. The van der Waals surface area contributed by atoms with Crippen molar-refractivity contribution in [1.29, 1.82) is 0 Å². The minimum atomic E-state index is 0.0428. The second-order valence-electron chi connectivity index (χ2n) is 4.81. The molecule has 3 rings (SSSR count). The third-order valence-corrected chi connectivity index (χ3v) is 3.49. The van der Waals surface area contributed by atoms with E-state index >= 15 is 0 Å². The van der Waals surface area contributed by atoms with Gasteiger partial charge in [0, 0.05) is 26.0 Å². The van der Waals surface area contributed by atoms with Crippen LogP contribution < -0.4 is 0 Å². The molecule has 19 heavy (non-hydrogen) atoms. The van der Waals surface area contributed by atoms with Crippen LogP contribution in [-0.4, -0.2) is 32.1 Å². The lowest BCUT2D eigenvalue weighted by atomic mass is 10.1. The summed E-state index contributed by atoms with van der Waals surface area (Å²) in [5.74, 6) is 0.0428. The van der Waals surface area contributed by atoms with Crippen LogP contribution in [0.5, 0.6) is 0 Å².